The molecule has 1 amide bonds. The Morgan fingerprint density at radius 3 is 2.57 bits per heavy atom. The molecule has 0 atom stereocenters. The van der Waals surface area contributed by atoms with E-state index in [4.69, 9.17) is 0 Å². The highest BCUT2D eigenvalue weighted by molar-refractivity contribution is 7.88. The molecule has 0 saturated heterocycles. The van der Waals surface area contributed by atoms with E-state index in [9.17, 15) is 13.2 Å². The zero-order chi connectivity index (χ0) is 15.9. The van der Waals surface area contributed by atoms with E-state index in [1.54, 1.807) is 18.5 Å². The Labute approximate surface area is 126 Å². The minimum atomic E-state index is -3.41. The number of carbonyl (C=O) groups is 1. The van der Waals surface area contributed by atoms with Gasteiger partial charge in [-0.3, -0.25) is 9.78 Å². The lowest BCUT2D eigenvalue weighted by molar-refractivity contribution is -0.121. The Kier molecular flexibility index (Phi) is 6.73. The molecule has 8 heteroatoms. The summed E-state index contributed by atoms with van der Waals surface area (Å²) >= 11 is 0. The fourth-order valence-electron chi connectivity index (χ4n) is 1.59. The van der Waals surface area contributed by atoms with Crippen LogP contribution in [0.3, 0.4) is 0 Å². The van der Waals surface area contributed by atoms with Crippen LogP contribution in [0.2, 0.25) is 0 Å². The summed E-state index contributed by atoms with van der Waals surface area (Å²) in [5.74, 6) is -0.331. The van der Waals surface area contributed by atoms with Crippen LogP contribution in [-0.4, -0.2) is 68.5 Å². The third kappa shape index (κ3) is 7.16. The van der Waals surface area contributed by atoms with Gasteiger partial charge in [0, 0.05) is 32.0 Å². The fourth-order valence-corrected chi connectivity index (χ4v) is 2.36. The Hall–Kier alpha value is -1.51. The van der Waals surface area contributed by atoms with Crippen LogP contribution >= 0.6 is 0 Å². The third-order valence-corrected chi connectivity index (χ3v) is 4.05. The number of aromatic nitrogens is 1. The van der Waals surface area contributed by atoms with Crippen molar-refractivity contribution in [1.29, 1.82) is 0 Å². The number of carbonyl (C=O) groups excluding carboxylic acids is 1. The second-order valence-electron chi connectivity index (χ2n) is 5.04. The van der Waals surface area contributed by atoms with Crippen molar-refractivity contribution in [1.82, 2.24) is 19.5 Å². The van der Waals surface area contributed by atoms with Gasteiger partial charge in [0.2, 0.25) is 15.9 Å². The predicted octanol–water partition coefficient (Wildman–Crippen LogP) is -0.479. The van der Waals surface area contributed by atoms with Crippen LogP contribution in [0.4, 0.5) is 0 Å². The average molecular weight is 314 g/mol. The van der Waals surface area contributed by atoms with E-state index in [-0.39, 0.29) is 19.0 Å². The normalized spacial score (nSPS) is 11.9. The van der Waals surface area contributed by atoms with Crippen LogP contribution in [0.5, 0.6) is 0 Å². The molecule has 0 aliphatic rings. The minimum Gasteiger partial charge on any atom is -0.351 e. The van der Waals surface area contributed by atoms with Crippen molar-refractivity contribution in [2.75, 3.05) is 40.0 Å². The molecule has 0 aromatic carbocycles. The number of hydrogen-bond donors (Lipinski definition) is 1. The second kappa shape index (κ2) is 8.06. The molecule has 7 nitrogen and oxygen atoms in total. The van der Waals surface area contributed by atoms with Crippen LogP contribution in [0, 0.1) is 0 Å². The summed E-state index contributed by atoms with van der Waals surface area (Å²) < 4.78 is 24.5. The number of hydrogen-bond acceptors (Lipinski definition) is 5. The maximum atomic E-state index is 11.9. The molecule has 0 unspecified atom stereocenters. The highest BCUT2D eigenvalue weighted by Gasteiger charge is 2.19. The molecule has 0 fully saturated rings. The number of amides is 1. The van der Waals surface area contributed by atoms with E-state index in [1.807, 2.05) is 25.1 Å². The summed E-state index contributed by atoms with van der Waals surface area (Å²) in [6, 6.07) is 3.62. The molecule has 1 aromatic rings. The lowest BCUT2D eigenvalue weighted by atomic mass is 10.3. The Morgan fingerprint density at radius 2 is 2.05 bits per heavy atom. The monoisotopic (exact) mass is 314 g/mol. The first-order valence-corrected chi connectivity index (χ1v) is 8.39. The second-order valence-corrected chi connectivity index (χ2v) is 7.02. The Morgan fingerprint density at radius 1 is 1.33 bits per heavy atom. The number of nitrogens with one attached hydrogen (secondary N) is 1. The molecule has 0 spiro atoms. The van der Waals surface area contributed by atoms with E-state index in [0.717, 1.165) is 11.8 Å². The highest BCUT2D eigenvalue weighted by atomic mass is 32.2. The largest absolute Gasteiger partial charge is 0.351 e. The van der Waals surface area contributed by atoms with Gasteiger partial charge in [-0.1, -0.05) is 6.07 Å². The smallest absolute Gasteiger partial charge is 0.235 e. The van der Waals surface area contributed by atoms with E-state index in [1.165, 1.54) is 4.31 Å². The molecular formula is C13H22N4O3S. The van der Waals surface area contributed by atoms with E-state index in [0.29, 0.717) is 13.1 Å². The molecule has 0 saturated carbocycles. The maximum absolute atomic E-state index is 11.9. The molecule has 0 bridgehead atoms. The van der Waals surface area contributed by atoms with Crippen LogP contribution < -0.4 is 5.32 Å². The Balaban J connectivity index is 2.52. The number of likely N-dealkylation sites (N-methyl/N-ethyl adjacent to an activating group) is 1. The minimum absolute atomic E-state index is 0.174. The third-order valence-electron chi connectivity index (χ3n) is 2.80. The van der Waals surface area contributed by atoms with Gasteiger partial charge in [0.25, 0.3) is 0 Å². The summed E-state index contributed by atoms with van der Waals surface area (Å²) in [5, 5.41) is 2.69. The van der Waals surface area contributed by atoms with Gasteiger partial charge in [0.15, 0.2) is 0 Å². The standard InChI is InChI=1S/C13H22N4O3S/c1-16(2)7-8-17(21(3,19)20)11-13(18)15-10-12-5-4-6-14-9-12/h4-6,9H,7-8,10-11H2,1-3H3,(H,15,18). The fraction of sp³-hybridized carbons (Fsp3) is 0.538. The number of pyridine rings is 1. The summed E-state index contributed by atoms with van der Waals surface area (Å²) in [4.78, 5) is 17.7. The van der Waals surface area contributed by atoms with Gasteiger partial charge < -0.3 is 10.2 Å². The summed E-state index contributed by atoms with van der Waals surface area (Å²) in [5.41, 5.74) is 0.866. The first kappa shape index (κ1) is 17.5. The SMILES string of the molecule is CN(C)CCN(CC(=O)NCc1cccnc1)S(C)(=O)=O. The van der Waals surface area contributed by atoms with E-state index in [2.05, 4.69) is 10.3 Å². The van der Waals surface area contributed by atoms with Crippen LogP contribution in [-0.2, 0) is 21.4 Å². The van der Waals surface area contributed by atoms with Gasteiger partial charge in [-0.25, -0.2) is 8.42 Å². The molecule has 1 heterocycles. The van der Waals surface area contributed by atoms with Crippen molar-refractivity contribution in [3.8, 4) is 0 Å². The summed E-state index contributed by atoms with van der Waals surface area (Å²) in [6.45, 7) is 1.000. The zero-order valence-corrected chi connectivity index (χ0v) is 13.4. The topological polar surface area (TPSA) is 82.6 Å². The van der Waals surface area contributed by atoms with Crippen LogP contribution in [0.15, 0.2) is 24.5 Å². The molecule has 1 rings (SSSR count). The van der Waals surface area contributed by atoms with Crippen molar-refractivity contribution in [3.63, 3.8) is 0 Å². The average Bonchev–Trinajstić information content (AvgIpc) is 2.41. The first-order chi connectivity index (χ1) is 9.79. The van der Waals surface area contributed by atoms with E-state index < -0.39 is 10.0 Å². The van der Waals surface area contributed by atoms with E-state index >= 15 is 0 Å². The van der Waals surface area contributed by atoms with Crippen LogP contribution in [0.1, 0.15) is 5.56 Å². The molecule has 1 N–H and O–H groups in total. The number of rotatable bonds is 8. The lowest BCUT2D eigenvalue weighted by Gasteiger charge is -2.21. The lowest BCUT2D eigenvalue weighted by Crippen LogP contribution is -2.42. The van der Waals surface area contributed by atoms with Crippen molar-refractivity contribution in [2.24, 2.45) is 0 Å². The quantitative estimate of drug-likeness (QED) is 0.701. The van der Waals surface area contributed by atoms with Gasteiger partial charge in [0.1, 0.15) is 0 Å². The van der Waals surface area contributed by atoms with Gasteiger partial charge in [-0.15, -0.1) is 0 Å². The molecular weight excluding hydrogens is 292 g/mol. The van der Waals surface area contributed by atoms with Crippen molar-refractivity contribution < 1.29 is 13.2 Å². The van der Waals surface area contributed by atoms with Crippen molar-refractivity contribution in [3.05, 3.63) is 30.1 Å². The van der Waals surface area contributed by atoms with Gasteiger partial charge >= 0.3 is 0 Å². The highest BCUT2D eigenvalue weighted by Crippen LogP contribution is 1.99. The maximum Gasteiger partial charge on any atom is 0.235 e. The van der Waals surface area contributed by atoms with Gasteiger partial charge in [-0.05, 0) is 25.7 Å². The predicted molar refractivity (Wildman–Crippen MR) is 81.1 cm³/mol. The molecule has 1 aromatic heterocycles. The zero-order valence-electron chi connectivity index (χ0n) is 12.6. The molecule has 118 valence electrons. The van der Waals surface area contributed by atoms with Crippen molar-refractivity contribution in [2.45, 2.75) is 6.54 Å². The van der Waals surface area contributed by atoms with Crippen LogP contribution in [0.25, 0.3) is 0 Å². The first-order valence-electron chi connectivity index (χ1n) is 6.54. The number of sulfonamides is 1. The van der Waals surface area contributed by atoms with Gasteiger partial charge in [-0.2, -0.15) is 4.31 Å². The molecule has 0 aliphatic heterocycles. The number of nitrogens with zero attached hydrogens (tertiary/aromatic N) is 3. The van der Waals surface area contributed by atoms with Gasteiger partial charge in [0.05, 0.1) is 12.8 Å². The summed E-state index contributed by atoms with van der Waals surface area (Å²) in [7, 11) is 0.295. The molecule has 0 radical (unpaired) electrons. The molecule has 0 aliphatic carbocycles. The molecule has 21 heavy (non-hydrogen) atoms. The Bertz CT molecular complexity index is 546. The summed E-state index contributed by atoms with van der Waals surface area (Å²) in [6.07, 6.45) is 4.41. The van der Waals surface area contributed by atoms with Crippen molar-refractivity contribution >= 4 is 15.9 Å².